The van der Waals surface area contributed by atoms with Gasteiger partial charge in [0.1, 0.15) is 0 Å². The Kier molecular flexibility index (Phi) is 4.01. The van der Waals surface area contributed by atoms with E-state index in [-0.39, 0.29) is 5.91 Å². The minimum atomic E-state index is -0.221. The van der Waals surface area contributed by atoms with E-state index in [1.165, 1.54) is 16.9 Å². The number of aryl methyl sites for hydroxylation is 1. The molecule has 0 bridgehead atoms. The third-order valence-corrected chi connectivity index (χ3v) is 6.16. The molecule has 2 aromatic heterocycles. The van der Waals surface area contributed by atoms with Gasteiger partial charge < -0.3 is 4.57 Å². The molecular weight excluding hydrogens is 350 g/mol. The monoisotopic (exact) mass is 367 g/mol. The number of hydrogen-bond donors (Lipinski definition) is 0. The lowest BCUT2D eigenvalue weighted by Gasteiger charge is -2.04. The number of hydrogen-bond acceptors (Lipinski definition) is 4. The Morgan fingerprint density at radius 2 is 2.00 bits per heavy atom. The van der Waals surface area contributed by atoms with E-state index in [9.17, 15) is 4.79 Å². The van der Waals surface area contributed by atoms with Gasteiger partial charge in [-0.15, -0.1) is 11.3 Å². The van der Waals surface area contributed by atoms with Crippen LogP contribution in [0.25, 0.3) is 20.4 Å². The van der Waals surface area contributed by atoms with Crippen molar-refractivity contribution in [3.8, 4) is 0 Å². The molecule has 2 aromatic carbocycles. The van der Waals surface area contributed by atoms with Crippen LogP contribution in [0.1, 0.15) is 35.7 Å². The predicted octanol–water partition coefficient (Wildman–Crippen LogP) is 4.71. The van der Waals surface area contributed by atoms with Crippen molar-refractivity contribution in [3.63, 3.8) is 0 Å². The summed E-state index contributed by atoms with van der Waals surface area (Å²) in [5.41, 5.74) is 5.68. The highest BCUT2D eigenvalue weighted by Gasteiger charge is 2.10. The molecule has 0 aliphatic carbocycles. The molecule has 0 fully saturated rings. The average Bonchev–Trinajstić information content (AvgIpc) is 3.18. The summed E-state index contributed by atoms with van der Waals surface area (Å²) in [7, 11) is 1.95. The molecule has 0 aliphatic rings. The third kappa shape index (κ3) is 2.92. The molecule has 0 radical (unpaired) electrons. The maximum atomic E-state index is 12.6. The molecule has 4 nitrogen and oxygen atoms in total. The van der Waals surface area contributed by atoms with Crippen LogP contribution in [0.2, 0.25) is 0 Å². The highest BCUT2D eigenvalue weighted by Crippen LogP contribution is 2.23. The Morgan fingerprint density at radius 3 is 2.80 bits per heavy atom. The number of aromatic nitrogens is 2. The highest BCUT2D eigenvalue weighted by molar-refractivity contribution is 7.17. The van der Waals surface area contributed by atoms with Gasteiger partial charge in [-0.05, 0) is 41.8 Å². The van der Waals surface area contributed by atoms with Crippen molar-refractivity contribution >= 4 is 49.0 Å². The number of fused-ring (bicyclic) bond motifs is 2. The first-order valence-electron chi connectivity index (χ1n) is 8.05. The Balaban J connectivity index is 1.79. The molecular formula is C19H17N3OS2. The maximum absolute atomic E-state index is 12.6. The van der Waals surface area contributed by atoms with Crippen molar-refractivity contribution in [2.75, 3.05) is 0 Å². The fourth-order valence-corrected chi connectivity index (χ4v) is 4.54. The van der Waals surface area contributed by atoms with Gasteiger partial charge in [0, 0.05) is 12.6 Å². The molecule has 126 valence electrons. The van der Waals surface area contributed by atoms with Gasteiger partial charge in [0.15, 0.2) is 4.80 Å². The molecule has 0 aliphatic heterocycles. The molecule has 0 saturated carbocycles. The predicted molar refractivity (Wildman–Crippen MR) is 104 cm³/mol. The summed E-state index contributed by atoms with van der Waals surface area (Å²) >= 11 is 3.08. The molecule has 4 aromatic rings. The number of amides is 1. The Bertz CT molecular complexity index is 1160. The molecule has 0 spiro atoms. The van der Waals surface area contributed by atoms with E-state index in [0.29, 0.717) is 16.3 Å². The van der Waals surface area contributed by atoms with Crippen LogP contribution < -0.4 is 4.80 Å². The van der Waals surface area contributed by atoms with Crippen molar-refractivity contribution in [3.05, 3.63) is 57.8 Å². The lowest BCUT2D eigenvalue weighted by Crippen LogP contribution is -2.13. The second-order valence-corrected chi connectivity index (χ2v) is 8.17. The molecule has 0 unspecified atom stereocenters. The standard InChI is InChI=1S/C19H17N3OS2/c1-11(2)12-5-7-15-17(8-12)25-19(22(15)3)21-18(23)13-4-6-14-16(9-13)24-10-20-14/h4-11H,1-3H3. The quantitative estimate of drug-likeness (QED) is 0.515. The van der Waals surface area contributed by atoms with E-state index in [1.807, 2.05) is 23.7 Å². The van der Waals surface area contributed by atoms with Gasteiger partial charge in [-0.2, -0.15) is 4.99 Å². The van der Waals surface area contributed by atoms with Crippen molar-refractivity contribution < 1.29 is 4.79 Å². The molecule has 4 rings (SSSR count). The molecule has 0 saturated heterocycles. The Morgan fingerprint density at radius 1 is 1.16 bits per heavy atom. The first kappa shape index (κ1) is 16.2. The highest BCUT2D eigenvalue weighted by atomic mass is 32.1. The normalized spacial score (nSPS) is 12.6. The van der Waals surface area contributed by atoms with Gasteiger partial charge in [0.05, 0.1) is 25.9 Å². The maximum Gasteiger partial charge on any atom is 0.279 e. The first-order valence-corrected chi connectivity index (χ1v) is 9.74. The van der Waals surface area contributed by atoms with E-state index in [0.717, 1.165) is 20.4 Å². The fraction of sp³-hybridized carbons (Fsp3) is 0.211. The summed E-state index contributed by atoms with van der Waals surface area (Å²) in [4.78, 5) is 21.9. The molecule has 6 heteroatoms. The van der Waals surface area contributed by atoms with E-state index in [1.54, 1.807) is 22.9 Å². The number of thiazole rings is 2. The molecule has 0 N–H and O–H groups in total. The lowest BCUT2D eigenvalue weighted by atomic mass is 10.0. The van der Waals surface area contributed by atoms with Gasteiger partial charge in [0.2, 0.25) is 0 Å². The molecule has 0 atom stereocenters. The van der Waals surface area contributed by atoms with E-state index in [4.69, 9.17) is 0 Å². The Hall–Kier alpha value is -2.31. The summed E-state index contributed by atoms with van der Waals surface area (Å²) in [6.07, 6.45) is 0. The van der Waals surface area contributed by atoms with Crippen LogP contribution in [0.4, 0.5) is 0 Å². The first-order chi connectivity index (χ1) is 12.0. The number of carbonyl (C=O) groups is 1. The Labute approximate surface area is 153 Å². The van der Waals surface area contributed by atoms with E-state index >= 15 is 0 Å². The smallest absolute Gasteiger partial charge is 0.279 e. The topological polar surface area (TPSA) is 47.2 Å². The zero-order valence-electron chi connectivity index (χ0n) is 14.2. The third-order valence-electron chi connectivity index (χ3n) is 4.28. The fourth-order valence-electron chi connectivity index (χ4n) is 2.76. The SMILES string of the molecule is CC(C)c1ccc2c(c1)sc(=NC(=O)c1ccc3ncsc3c1)n2C. The minimum absolute atomic E-state index is 0.221. The van der Waals surface area contributed by atoms with Crippen LogP contribution in [0.3, 0.4) is 0 Å². The zero-order chi connectivity index (χ0) is 17.6. The molecule has 1 amide bonds. The lowest BCUT2D eigenvalue weighted by molar-refractivity contribution is 0.0998. The number of nitrogens with zero attached hydrogens (tertiary/aromatic N) is 3. The van der Waals surface area contributed by atoms with Crippen molar-refractivity contribution in [2.24, 2.45) is 12.0 Å². The van der Waals surface area contributed by atoms with E-state index in [2.05, 4.69) is 42.0 Å². The van der Waals surface area contributed by atoms with Crippen LogP contribution in [-0.2, 0) is 7.05 Å². The van der Waals surface area contributed by atoms with Gasteiger partial charge in [-0.3, -0.25) is 4.79 Å². The van der Waals surface area contributed by atoms with Gasteiger partial charge >= 0.3 is 0 Å². The van der Waals surface area contributed by atoms with Crippen LogP contribution in [0, 0.1) is 0 Å². The summed E-state index contributed by atoms with van der Waals surface area (Å²) < 4.78 is 4.13. The number of benzene rings is 2. The second-order valence-electron chi connectivity index (χ2n) is 6.28. The van der Waals surface area contributed by atoms with Crippen molar-refractivity contribution in [1.29, 1.82) is 0 Å². The van der Waals surface area contributed by atoms with Crippen LogP contribution >= 0.6 is 22.7 Å². The largest absolute Gasteiger partial charge is 0.319 e. The minimum Gasteiger partial charge on any atom is -0.319 e. The van der Waals surface area contributed by atoms with Crippen molar-refractivity contribution in [2.45, 2.75) is 19.8 Å². The molecule has 2 heterocycles. The number of rotatable bonds is 2. The second kappa shape index (κ2) is 6.20. The van der Waals surface area contributed by atoms with Crippen LogP contribution in [0.15, 0.2) is 46.9 Å². The summed E-state index contributed by atoms with van der Waals surface area (Å²) in [6, 6.07) is 12.0. The summed E-state index contributed by atoms with van der Waals surface area (Å²) in [5, 5.41) is 0. The van der Waals surface area contributed by atoms with Gasteiger partial charge in [-0.1, -0.05) is 31.3 Å². The van der Waals surface area contributed by atoms with E-state index < -0.39 is 0 Å². The molecule has 25 heavy (non-hydrogen) atoms. The number of carbonyl (C=O) groups excluding carboxylic acids is 1. The summed E-state index contributed by atoms with van der Waals surface area (Å²) in [6.45, 7) is 4.36. The van der Waals surface area contributed by atoms with Crippen LogP contribution in [-0.4, -0.2) is 15.5 Å². The van der Waals surface area contributed by atoms with Crippen LogP contribution in [0.5, 0.6) is 0 Å². The summed E-state index contributed by atoms with van der Waals surface area (Å²) in [5.74, 6) is 0.256. The van der Waals surface area contributed by atoms with Crippen molar-refractivity contribution in [1.82, 2.24) is 9.55 Å². The van der Waals surface area contributed by atoms with Gasteiger partial charge in [0.25, 0.3) is 5.91 Å². The zero-order valence-corrected chi connectivity index (χ0v) is 15.8. The van der Waals surface area contributed by atoms with Gasteiger partial charge in [-0.25, -0.2) is 4.98 Å². The average molecular weight is 367 g/mol.